The minimum absolute atomic E-state index is 0.198. The lowest BCUT2D eigenvalue weighted by molar-refractivity contribution is -0.148. The Bertz CT molecular complexity index is 1140. The van der Waals surface area contributed by atoms with E-state index < -0.39 is 11.9 Å². The summed E-state index contributed by atoms with van der Waals surface area (Å²) in [6.45, 7) is 2.90. The second-order valence-corrected chi connectivity index (χ2v) is 11.5. The summed E-state index contributed by atoms with van der Waals surface area (Å²) < 4.78 is 26.7. The molecule has 1 aliphatic rings. The van der Waals surface area contributed by atoms with Gasteiger partial charge in [0.05, 0.1) is 36.1 Å². The van der Waals surface area contributed by atoms with Gasteiger partial charge in [0, 0.05) is 35.8 Å². The molecule has 0 amide bonds. The number of benzene rings is 1. The molecule has 0 saturated carbocycles. The van der Waals surface area contributed by atoms with Crippen LogP contribution in [0.4, 0.5) is 4.39 Å². The Morgan fingerprint density at radius 2 is 2.19 bits per heavy atom. The zero-order valence-corrected chi connectivity index (χ0v) is 22.5. The van der Waals surface area contributed by atoms with E-state index in [1.807, 2.05) is 11.8 Å². The number of nitrogens with two attached hydrogens (primary N) is 1. The fourth-order valence-electron chi connectivity index (χ4n) is 5.12. The number of esters is 1. The van der Waals surface area contributed by atoms with Crippen LogP contribution in [0.25, 0.3) is 10.9 Å². The number of thioether (sulfide) groups is 1. The minimum Gasteiger partial charge on any atom is -0.497 e. The number of pyridine rings is 1. The molecule has 1 aromatic carbocycles. The summed E-state index contributed by atoms with van der Waals surface area (Å²) in [5, 5.41) is 2.74. The number of methoxy groups -OCH3 is 2. The number of rotatable bonds is 11. The van der Waals surface area contributed by atoms with Gasteiger partial charge in [0.25, 0.3) is 0 Å². The van der Waals surface area contributed by atoms with Gasteiger partial charge in [-0.05, 0) is 67.8 Å². The highest BCUT2D eigenvalue weighted by Crippen LogP contribution is 2.34. The number of piperidine rings is 1. The Labute approximate surface area is 220 Å². The molecule has 6 nitrogen and oxygen atoms in total. The number of fused-ring (bicyclic) bond motifs is 1. The maximum Gasteiger partial charge on any atom is 0.308 e. The fraction of sp³-hybridized carbons (Fsp3) is 0.481. The molecule has 3 aromatic rings. The second kappa shape index (κ2) is 12.9. The minimum atomic E-state index is -0.573. The summed E-state index contributed by atoms with van der Waals surface area (Å²) >= 11 is 3.64. The molecule has 0 spiro atoms. The average Bonchev–Trinajstić information content (AvgIpc) is 3.42. The normalized spacial score (nSPS) is 18.2. The van der Waals surface area contributed by atoms with E-state index in [-0.39, 0.29) is 17.8 Å². The van der Waals surface area contributed by atoms with E-state index in [0.717, 1.165) is 38.2 Å². The molecule has 1 fully saturated rings. The van der Waals surface area contributed by atoms with Gasteiger partial charge in [0.2, 0.25) is 0 Å². The molecule has 4 rings (SSSR count). The van der Waals surface area contributed by atoms with Gasteiger partial charge in [-0.1, -0.05) is 6.07 Å². The molecule has 1 saturated heterocycles. The highest BCUT2D eigenvalue weighted by Gasteiger charge is 2.33. The number of hydrogen-bond donors (Lipinski definition) is 1. The molecule has 0 radical (unpaired) electrons. The Morgan fingerprint density at radius 3 is 2.94 bits per heavy atom. The number of likely N-dealkylation sites (tertiary alicyclic amines) is 1. The summed E-state index contributed by atoms with van der Waals surface area (Å²) in [5.41, 5.74) is 7.62. The van der Waals surface area contributed by atoms with Crippen LogP contribution in [0.1, 0.15) is 37.3 Å². The third-order valence-electron chi connectivity index (χ3n) is 6.99. The second-order valence-electron chi connectivity index (χ2n) is 9.20. The van der Waals surface area contributed by atoms with Crippen LogP contribution in [0.15, 0.2) is 46.1 Å². The van der Waals surface area contributed by atoms with E-state index in [2.05, 4.69) is 27.4 Å². The van der Waals surface area contributed by atoms with Crippen LogP contribution in [0.5, 0.6) is 5.75 Å². The lowest BCUT2D eigenvalue weighted by atomic mass is 9.81. The predicted molar refractivity (Wildman–Crippen MR) is 144 cm³/mol. The van der Waals surface area contributed by atoms with Crippen LogP contribution in [-0.4, -0.2) is 55.5 Å². The molecule has 194 valence electrons. The largest absolute Gasteiger partial charge is 0.497 e. The number of carbonyl (C=O) groups excluding carboxylic acids is 1. The van der Waals surface area contributed by atoms with Gasteiger partial charge in [0.15, 0.2) is 0 Å². The molecular formula is C27H34FN3O3S2. The van der Waals surface area contributed by atoms with E-state index in [1.165, 1.54) is 17.5 Å². The third-order valence-corrected chi connectivity index (χ3v) is 9.10. The van der Waals surface area contributed by atoms with Gasteiger partial charge in [-0.15, -0.1) is 23.1 Å². The van der Waals surface area contributed by atoms with E-state index in [4.69, 9.17) is 15.2 Å². The van der Waals surface area contributed by atoms with Crippen molar-refractivity contribution in [3.8, 4) is 5.75 Å². The highest BCUT2D eigenvalue weighted by molar-refractivity contribution is 8.01. The number of carbonyl (C=O) groups is 1. The first-order chi connectivity index (χ1) is 17.5. The lowest BCUT2D eigenvalue weighted by Crippen LogP contribution is -2.41. The number of ether oxygens (including phenoxy) is 2. The quantitative estimate of drug-likeness (QED) is 0.258. The van der Waals surface area contributed by atoms with Crippen molar-refractivity contribution in [2.24, 2.45) is 17.6 Å². The number of aromatic nitrogens is 1. The molecule has 36 heavy (non-hydrogen) atoms. The summed E-state index contributed by atoms with van der Waals surface area (Å²) in [5.74, 6) is 0.937. The Kier molecular flexibility index (Phi) is 9.59. The number of thiophene rings is 1. The molecule has 9 heteroatoms. The van der Waals surface area contributed by atoms with Gasteiger partial charge in [-0.2, -0.15) is 0 Å². The molecule has 0 aliphatic carbocycles. The van der Waals surface area contributed by atoms with Crippen molar-refractivity contribution in [1.82, 2.24) is 9.88 Å². The van der Waals surface area contributed by atoms with Gasteiger partial charge < -0.3 is 20.1 Å². The SMILES string of the molecule is COC(=O)[C@@H](CC[C@@H](N)c1c(F)cnc2ccc(OC)cc12)C1CCCN(CCSc2cccs2)C1. The van der Waals surface area contributed by atoms with Crippen LogP contribution in [0.3, 0.4) is 0 Å². The van der Waals surface area contributed by atoms with Gasteiger partial charge >= 0.3 is 5.97 Å². The van der Waals surface area contributed by atoms with Crippen molar-refractivity contribution in [3.05, 3.63) is 53.3 Å². The first kappa shape index (κ1) is 26.9. The zero-order chi connectivity index (χ0) is 25.5. The van der Waals surface area contributed by atoms with Crippen molar-refractivity contribution < 1.29 is 18.7 Å². The molecule has 1 unspecified atom stereocenters. The zero-order valence-electron chi connectivity index (χ0n) is 20.8. The number of hydrogen-bond acceptors (Lipinski definition) is 8. The summed E-state index contributed by atoms with van der Waals surface area (Å²) in [7, 11) is 3.01. The summed E-state index contributed by atoms with van der Waals surface area (Å²) in [4.78, 5) is 19.5. The van der Waals surface area contributed by atoms with Crippen LogP contribution in [0.2, 0.25) is 0 Å². The first-order valence-corrected chi connectivity index (χ1v) is 14.2. The molecule has 1 aliphatic heterocycles. The lowest BCUT2D eigenvalue weighted by Gasteiger charge is -2.36. The smallest absolute Gasteiger partial charge is 0.308 e. The van der Waals surface area contributed by atoms with Crippen molar-refractivity contribution in [2.75, 3.05) is 39.6 Å². The first-order valence-electron chi connectivity index (χ1n) is 12.3. The Balaban J connectivity index is 1.42. The third kappa shape index (κ3) is 6.56. The number of nitrogens with zero attached hydrogens (tertiary/aromatic N) is 2. The van der Waals surface area contributed by atoms with Crippen LogP contribution >= 0.6 is 23.1 Å². The summed E-state index contributed by atoms with van der Waals surface area (Å²) in [6.07, 6.45) is 4.26. The van der Waals surface area contributed by atoms with Crippen molar-refractivity contribution in [3.63, 3.8) is 0 Å². The molecule has 3 atom stereocenters. The molecular weight excluding hydrogens is 497 g/mol. The Morgan fingerprint density at radius 1 is 1.33 bits per heavy atom. The van der Waals surface area contributed by atoms with E-state index in [1.54, 1.807) is 36.6 Å². The molecule has 2 N–H and O–H groups in total. The van der Waals surface area contributed by atoms with E-state index >= 15 is 0 Å². The van der Waals surface area contributed by atoms with Crippen LogP contribution in [0, 0.1) is 17.7 Å². The van der Waals surface area contributed by atoms with Gasteiger partial charge in [0.1, 0.15) is 11.6 Å². The van der Waals surface area contributed by atoms with Crippen molar-refractivity contribution >= 4 is 40.0 Å². The van der Waals surface area contributed by atoms with Crippen LogP contribution < -0.4 is 10.5 Å². The maximum absolute atomic E-state index is 14.9. The Hall–Kier alpha value is -2.20. The predicted octanol–water partition coefficient (Wildman–Crippen LogP) is 5.52. The highest BCUT2D eigenvalue weighted by atomic mass is 32.2. The molecule has 0 bridgehead atoms. The van der Waals surface area contributed by atoms with Crippen LogP contribution in [-0.2, 0) is 9.53 Å². The standard InChI is InChI=1S/C27H34FN3O3S2/c1-33-19-7-10-24-21(15-19)26(22(28)16-30-24)23(29)9-8-20(27(32)34-2)18-5-3-11-31(17-18)12-14-36-25-6-4-13-35-25/h4,6-7,10,13,15-16,18,20,23H,3,5,8-9,11-12,14,17,29H2,1-2H3/t18?,20-,23+/m0/s1. The number of halogens is 1. The molecule has 2 aromatic heterocycles. The van der Waals surface area contributed by atoms with Crippen molar-refractivity contribution in [2.45, 2.75) is 35.9 Å². The topological polar surface area (TPSA) is 77.7 Å². The van der Waals surface area contributed by atoms with E-state index in [9.17, 15) is 9.18 Å². The molecule has 3 heterocycles. The van der Waals surface area contributed by atoms with E-state index in [0.29, 0.717) is 35.1 Å². The fourth-order valence-corrected chi connectivity index (χ4v) is 6.98. The maximum atomic E-state index is 14.9. The summed E-state index contributed by atoms with van der Waals surface area (Å²) in [6, 6.07) is 9.02. The van der Waals surface area contributed by atoms with Gasteiger partial charge in [-0.3, -0.25) is 9.78 Å². The average molecular weight is 532 g/mol. The van der Waals surface area contributed by atoms with Crippen molar-refractivity contribution in [1.29, 1.82) is 0 Å². The van der Waals surface area contributed by atoms with Gasteiger partial charge in [-0.25, -0.2) is 4.39 Å². The monoisotopic (exact) mass is 531 g/mol.